The number of hydrogen-bond donors (Lipinski definition) is 1. The fraction of sp³-hybridized carbons (Fsp3) is 0.550. The van der Waals surface area contributed by atoms with Crippen LogP contribution >= 0.6 is 11.8 Å². The van der Waals surface area contributed by atoms with Gasteiger partial charge in [0.2, 0.25) is 11.9 Å². The number of benzene rings is 1. The number of aryl methyl sites for hydroxylation is 1. The van der Waals surface area contributed by atoms with Crippen molar-refractivity contribution in [2.45, 2.75) is 50.7 Å². The SMILES string of the molecule is Cc1cccc([N+](=O)[O-])c1NC(=O)CSc1nnc(N2CCC(C)CC2)n1C1CC1. The van der Waals surface area contributed by atoms with Crippen molar-refractivity contribution < 1.29 is 9.72 Å². The van der Waals surface area contributed by atoms with E-state index in [1.54, 1.807) is 19.1 Å². The number of nitrogens with one attached hydrogen (secondary N) is 1. The molecule has 0 unspecified atom stereocenters. The van der Waals surface area contributed by atoms with E-state index in [4.69, 9.17) is 0 Å². The van der Waals surface area contributed by atoms with Crippen LogP contribution in [0.15, 0.2) is 23.4 Å². The van der Waals surface area contributed by atoms with Crippen LogP contribution in [0.5, 0.6) is 0 Å². The molecule has 1 saturated heterocycles. The Hall–Kier alpha value is -2.62. The molecule has 2 fully saturated rings. The van der Waals surface area contributed by atoms with Gasteiger partial charge in [0, 0.05) is 25.2 Å². The first kappa shape index (κ1) is 20.6. The van der Waals surface area contributed by atoms with Crippen molar-refractivity contribution >= 4 is 35.0 Å². The lowest BCUT2D eigenvalue weighted by Crippen LogP contribution is -2.34. The van der Waals surface area contributed by atoms with Crippen LogP contribution in [0.4, 0.5) is 17.3 Å². The zero-order valence-electron chi connectivity index (χ0n) is 17.2. The molecule has 1 saturated carbocycles. The first-order valence-electron chi connectivity index (χ1n) is 10.3. The van der Waals surface area contributed by atoms with Crippen molar-refractivity contribution in [1.29, 1.82) is 0 Å². The predicted molar refractivity (Wildman–Crippen MR) is 116 cm³/mol. The molecule has 1 amide bonds. The van der Waals surface area contributed by atoms with Gasteiger partial charge < -0.3 is 10.2 Å². The minimum Gasteiger partial charge on any atom is -0.341 e. The summed E-state index contributed by atoms with van der Waals surface area (Å²) < 4.78 is 2.17. The summed E-state index contributed by atoms with van der Waals surface area (Å²) in [5.74, 6) is 1.47. The molecular weight excluding hydrogens is 404 g/mol. The summed E-state index contributed by atoms with van der Waals surface area (Å²) in [6, 6.07) is 5.15. The average Bonchev–Trinajstić information content (AvgIpc) is 3.47. The number of amides is 1. The van der Waals surface area contributed by atoms with Gasteiger partial charge in [-0.15, -0.1) is 10.2 Å². The largest absolute Gasteiger partial charge is 0.341 e. The van der Waals surface area contributed by atoms with Gasteiger partial charge in [-0.2, -0.15) is 0 Å². The Kier molecular flexibility index (Phi) is 5.94. The highest BCUT2D eigenvalue weighted by atomic mass is 32.2. The van der Waals surface area contributed by atoms with Crippen molar-refractivity contribution in [3.63, 3.8) is 0 Å². The second-order valence-electron chi connectivity index (χ2n) is 8.12. The Morgan fingerprint density at radius 1 is 1.27 bits per heavy atom. The molecule has 2 aromatic rings. The Morgan fingerprint density at radius 3 is 2.67 bits per heavy atom. The number of piperidine rings is 1. The van der Waals surface area contributed by atoms with E-state index in [0.717, 1.165) is 55.8 Å². The second-order valence-corrected chi connectivity index (χ2v) is 9.06. The number of nitro groups is 1. The van der Waals surface area contributed by atoms with E-state index in [-0.39, 0.29) is 23.0 Å². The number of nitro benzene ring substituents is 1. The van der Waals surface area contributed by atoms with Gasteiger partial charge in [-0.3, -0.25) is 19.5 Å². The molecule has 10 heteroatoms. The van der Waals surface area contributed by atoms with Crippen LogP contribution in [-0.2, 0) is 4.79 Å². The van der Waals surface area contributed by atoms with Crippen LogP contribution in [0.1, 0.15) is 44.2 Å². The van der Waals surface area contributed by atoms with E-state index in [9.17, 15) is 14.9 Å². The Morgan fingerprint density at radius 2 is 2.00 bits per heavy atom. The molecule has 0 atom stereocenters. The van der Waals surface area contributed by atoms with Crippen molar-refractivity contribution in [3.8, 4) is 0 Å². The van der Waals surface area contributed by atoms with E-state index in [1.807, 2.05) is 0 Å². The first-order chi connectivity index (χ1) is 14.4. The van der Waals surface area contributed by atoms with Gasteiger partial charge in [0.05, 0.1) is 10.7 Å². The van der Waals surface area contributed by atoms with Crippen LogP contribution in [0.3, 0.4) is 0 Å². The van der Waals surface area contributed by atoms with E-state index in [2.05, 4.69) is 31.9 Å². The van der Waals surface area contributed by atoms with Crippen LogP contribution in [0, 0.1) is 23.0 Å². The summed E-state index contributed by atoms with van der Waals surface area (Å²) >= 11 is 1.33. The third-order valence-corrected chi connectivity index (χ3v) is 6.61. The number of nitrogens with zero attached hydrogens (tertiary/aromatic N) is 5. The summed E-state index contributed by atoms with van der Waals surface area (Å²) in [5.41, 5.74) is 0.807. The fourth-order valence-corrected chi connectivity index (χ4v) is 4.52. The zero-order chi connectivity index (χ0) is 21.3. The van der Waals surface area contributed by atoms with E-state index in [1.165, 1.54) is 17.8 Å². The third kappa shape index (κ3) is 4.43. The molecule has 1 aliphatic heterocycles. The minimum absolute atomic E-state index is 0.101. The van der Waals surface area contributed by atoms with Gasteiger partial charge in [0.15, 0.2) is 5.16 Å². The van der Waals surface area contributed by atoms with Crippen LogP contribution < -0.4 is 10.2 Å². The highest BCUT2D eigenvalue weighted by Gasteiger charge is 2.32. The first-order valence-corrected chi connectivity index (χ1v) is 11.3. The molecule has 2 heterocycles. The second kappa shape index (κ2) is 8.63. The van der Waals surface area contributed by atoms with Gasteiger partial charge in [0.25, 0.3) is 5.69 Å². The van der Waals surface area contributed by atoms with Crippen LogP contribution in [-0.4, -0.2) is 44.4 Å². The lowest BCUT2D eigenvalue weighted by Gasteiger charge is -2.31. The Bertz CT molecular complexity index is 950. The Labute approximate surface area is 179 Å². The molecule has 9 nitrogen and oxygen atoms in total. The number of anilines is 2. The van der Waals surface area contributed by atoms with Gasteiger partial charge in [-0.1, -0.05) is 30.8 Å². The molecule has 1 aromatic carbocycles. The average molecular weight is 431 g/mol. The summed E-state index contributed by atoms with van der Waals surface area (Å²) in [5, 5.41) is 23.5. The van der Waals surface area contributed by atoms with E-state index in [0.29, 0.717) is 11.6 Å². The van der Waals surface area contributed by atoms with Gasteiger partial charge in [-0.05, 0) is 44.1 Å². The van der Waals surface area contributed by atoms with Gasteiger partial charge in [0.1, 0.15) is 5.69 Å². The number of carbonyl (C=O) groups is 1. The summed E-state index contributed by atoms with van der Waals surface area (Å²) in [6.07, 6.45) is 4.50. The molecule has 4 rings (SSSR count). The fourth-order valence-electron chi connectivity index (χ4n) is 3.72. The molecule has 160 valence electrons. The molecule has 1 aromatic heterocycles. The van der Waals surface area contributed by atoms with E-state index >= 15 is 0 Å². The summed E-state index contributed by atoms with van der Waals surface area (Å²) in [7, 11) is 0. The van der Waals surface area contributed by atoms with Crippen molar-refractivity contribution in [1.82, 2.24) is 14.8 Å². The molecule has 1 aliphatic carbocycles. The zero-order valence-corrected chi connectivity index (χ0v) is 18.0. The molecule has 0 bridgehead atoms. The van der Waals surface area contributed by atoms with Crippen LogP contribution in [0.25, 0.3) is 0 Å². The summed E-state index contributed by atoms with van der Waals surface area (Å²) in [6.45, 7) is 5.98. The maximum atomic E-state index is 12.5. The molecule has 1 N–H and O–H groups in total. The number of rotatable bonds is 7. The monoisotopic (exact) mass is 430 g/mol. The standard InChI is InChI=1S/C20H26N6O3S/c1-13-8-10-24(11-9-13)19-22-23-20(25(19)15-6-7-15)30-12-17(27)21-18-14(2)4-3-5-16(18)26(28)29/h3-5,13,15H,6-12H2,1-2H3,(H,21,27). The number of carbonyl (C=O) groups excluding carboxylic acids is 1. The normalized spacial score (nSPS) is 17.2. The number of aromatic nitrogens is 3. The van der Waals surface area contributed by atoms with Crippen molar-refractivity contribution in [3.05, 3.63) is 33.9 Å². The summed E-state index contributed by atoms with van der Waals surface area (Å²) in [4.78, 5) is 25.6. The molecule has 0 radical (unpaired) electrons. The van der Waals surface area contributed by atoms with Crippen molar-refractivity contribution in [2.75, 3.05) is 29.1 Å². The maximum Gasteiger partial charge on any atom is 0.293 e. The van der Waals surface area contributed by atoms with Crippen LogP contribution in [0.2, 0.25) is 0 Å². The topological polar surface area (TPSA) is 106 Å². The quantitative estimate of drug-likeness (QED) is 0.404. The van der Waals surface area contributed by atoms with Crippen molar-refractivity contribution in [2.24, 2.45) is 5.92 Å². The highest BCUT2D eigenvalue weighted by molar-refractivity contribution is 7.99. The predicted octanol–water partition coefficient (Wildman–Crippen LogP) is 3.80. The smallest absolute Gasteiger partial charge is 0.293 e. The lowest BCUT2D eigenvalue weighted by atomic mass is 10.00. The molecule has 2 aliphatic rings. The highest BCUT2D eigenvalue weighted by Crippen LogP contribution is 2.41. The maximum absolute atomic E-state index is 12.5. The molecule has 0 spiro atoms. The molecule has 30 heavy (non-hydrogen) atoms. The number of para-hydroxylation sites is 1. The number of hydrogen-bond acceptors (Lipinski definition) is 7. The number of thioether (sulfide) groups is 1. The van der Waals surface area contributed by atoms with E-state index < -0.39 is 4.92 Å². The Balaban J connectivity index is 1.44. The third-order valence-electron chi connectivity index (χ3n) is 5.67. The minimum atomic E-state index is -0.481. The molecular formula is C20H26N6O3S. The van der Waals surface area contributed by atoms with Gasteiger partial charge >= 0.3 is 0 Å². The lowest BCUT2D eigenvalue weighted by molar-refractivity contribution is -0.384. The van der Waals surface area contributed by atoms with Gasteiger partial charge in [-0.25, -0.2) is 0 Å².